The van der Waals surface area contributed by atoms with Crippen molar-refractivity contribution in [3.05, 3.63) is 35.9 Å². The second-order valence-corrected chi connectivity index (χ2v) is 5.73. The highest BCUT2D eigenvalue weighted by Crippen LogP contribution is 2.25. The third-order valence-corrected chi connectivity index (χ3v) is 4.59. The molecule has 1 heterocycles. The zero-order chi connectivity index (χ0) is 13.7. The number of hydrogen-bond donors (Lipinski definition) is 1. The number of likely N-dealkylation sites (N-methyl/N-ethyl adjacent to an activating group) is 1. The summed E-state index contributed by atoms with van der Waals surface area (Å²) in [7, 11) is 2.20. The average Bonchev–Trinajstić information content (AvgIpc) is 2.47. The van der Waals surface area contributed by atoms with Crippen molar-refractivity contribution < 1.29 is 0 Å². The molecule has 0 amide bonds. The van der Waals surface area contributed by atoms with Crippen molar-refractivity contribution in [2.75, 3.05) is 39.8 Å². The molecule has 1 saturated heterocycles. The van der Waals surface area contributed by atoms with E-state index in [0.29, 0.717) is 0 Å². The second-order valence-electron chi connectivity index (χ2n) is 5.73. The van der Waals surface area contributed by atoms with E-state index in [9.17, 15) is 0 Å². The quantitative estimate of drug-likeness (QED) is 0.873. The molecule has 2 rings (SSSR count). The lowest BCUT2D eigenvalue weighted by atomic mass is 9.85. The van der Waals surface area contributed by atoms with Gasteiger partial charge in [0.05, 0.1) is 0 Å². The topological polar surface area (TPSA) is 32.5 Å². The number of nitrogens with two attached hydrogens (primary N) is 1. The Morgan fingerprint density at radius 3 is 2.26 bits per heavy atom. The van der Waals surface area contributed by atoms with Crippen LogP contribution >= 0.6 is 0 Å². The molecule has 3 nitrogen and oxygen atoms in total. The molecule has 19 heavy (non-hydrogen) atoms. The Morgan fingerprint density at radius 1 is 1.11 bits per heavy atom. The van der Waals surface area contributed by atoms with Crippen molar-refractivity contribution in [2.24, 2.45) is 5.73 Å². The summed E-state index contributed by atoms with van der Waals surface area (Å²) in [6.45, 7) is 7.58. The van der Waals surface area contributed by atoms with E-state index in [1.807, 2.05) is 0 Å². The molecule has 0 bridgehead atoms. The van der Waals surface area contributed by atoms with Gasteiger partial charge in [0.25, 0.3) is 0 Å². The van der Waals surface area contributed by atoms with Crippen molar-refractivity contribution in [2.45, 2.75) is 25.3 Å². The highest BCUT2D eigenvalue weighted by Gasteiger charge is 2.35. The average molecular weight is 261 g/mol. The van der Waals surface area contributed by atoms with E-state index in [-0.39, 0.29) is 5.54 Å². The first kappa shape index (κ1) is 14.5. The van der Waals surface area contributed by atoms with Crippen molar-refractivity contribution in [1.82, 2.24) is 9.80 Å². The van der Waals surface area contributed by atoms with E-state index in [2.05, 4.69) is 54.1 Å². The Labute approximate surface area is 117 Å². The van der Waals surface area contributed by atoms with E-state index < -0.39 is 0 Å². The Morgan fingerprint density at radius 2 is 1.74 bits per heavy atom. The summed E-state index contributed by atoms with van der Waals surface area (Å²) in [4.78, 5) is 5.01. The van der Waals surface area contributed by atoms with Crippen molar-refractivity contribution in [3.8, 4) is 0 Å². The normalized spacial score (nSPS) is 21.2. The summed E-state index contributed by atoms with van der Waals surface area (Å²) in [5.41, 5.74) is 7.70. The summed E-state index contributed by atoms with van der Waals surface area (Å²) in [6, 6.07) is 10.8. The van der Waals surface area contributed by atoms with Gasteiger partial charge >= 0.3 is 0 Å². The summed E-state index contributed by atoms with van der Waals surface area (Å²) in [5.74, 6) is 0. The Hall–Kier alpha value is -0.900. The molecule has 0 saturated carbocycles. The zero-order valence-electron chi connectivity index (χ0n) is 12.3. The lowest BCUT2D eigenvalue weighted by Gasteiger charge is -2.47. The van der Waals surface area contributed by atoms with Crippen LogP contribution in [-0.2, 0) is 6.42 Å². The summed E-state index contributed by atoms with van der Waals surface area (Å²) < 4.78 is 0. The zero-order valence-corrected chi connectivity index (χ0v) is 12.3. The molecular weight excluding hydrogens is 234 g/mol. The number of nitrogens with zero attached hydrogens (tertiary/aromatic N) is 2. The van der Waals surface area contributed by atoms with Crippen LogP contribution in [0.25, 0.3) is 0 Å². The molecule has 1 aliphatic heterocycles. The van der Waals surface area contributed by atoms with Crippen LogP contribution in [-0.4, -0.2) is 55.1 Å². The van der Waals surface area contributed by atoms with Crippen LogP contribution in [0.4, 0.5) is 0 Å². The van der Waals surface area contributed by atoms with Crippen molar-refractivity contribution in [3.63, 3.8) is 0 Å². The Kier molecular flexibility index (Phi) is 4.97. The highest BCUT2D eigenvalue weighted by atomic mass is 15.3. The van der Waals surface area contributed by atoms with E-state index in [4.69, 9.17) is 5.73 Å². The number of hydrogen-bond acceptors (Lipinski definition) is 3. The summed E-state index contributed by atoms with van der Waals surface area (Å²) >= 11 is 0. The van der Waals surface area contributed by atoms with Gasteiger partial charge in [0.15, 0.2) is 0 Å². The van der Waals surface area contributed by atoms with E-state index in [0.717, 1.165) is 45.6 Å². The third kappa shape index (κ3) is 3.35. The fraction of sp³-hybridized carbons (Fsp3) is 0.625. The van der Waals surface area contributed by atoms with Crippen LogP contribution < -0.4 is 5.73 Å². The first-order chi connectivity index (χ1) is 9.20. The molecule has 1 atom stereocenters. The first-order valence-corrected chi connectivity index (χ1v) is 7.38. The van der Waals surface area contributed by atoms with E-state index in [1.54, 1.807) is 0 Å². The molecule has 0 aromatic heterocycles. The number of benzene rings is 1. The van der Waals surface area contributed by atoms with Crippen LogP contribution in [0.5, 0.6) is 0 Å². The summed E-state index contributed by atoms with van der Waals surface area (Å²) in [6.07, 6.45) is 2.17. The monoisotopic (exact) mass is 261 g/mol. The van der Waals surface area contributed by atoms with Gasteiger partial charge in [-0.25, -0.2) is 0 Å². The smallest absolute Gasteiger partial charge is 0.0370 e. The van der Waals surface area contributed by atoms with Crippen molar-refractivity contribution in [1.29, 1.82) is 0 Å². The standard InChI is InChI=1S/C16H27N3/c1-3-16(14-17,13-15-7-5-4-6-8-15)19-11-9-18(2)10-12-19/h4-8H,3,9-14,17H2,1-2H3. The molecular formula is C16H27N3. The number of piperazine rings is 1. The maximum atomic E-state index is 6.18. The molecule has 2 N–H and O–H groups in total. The van der Waals surface area contributed by atoms with Gasteiger partial charge in [0.2, 0.25) is 0 Å². The van der Waals surface area contributed by atoms with Crippen LogP contribution in [0.2, 0.25) is 0 Å². The second kappa shape index (κ2) is 6.51. The SMILES string of the molecule is CCC(CN)(Cc1ccccc1)N1CCN(C)CC1. The molecule has 1 aliphatic rings. The van der Waals surface area contributed by atoms with Crippen LogP contribution in [0.15, 0.2) is 30.3 Å². The lowest BCUT2D eigenvalue weighted by Crippen LogP contribution is -2.60. The van der Waals surface area contributed by atoms with E-state index >= 15 is 0 Å². The van der Waals surface area contributed by atoms with E-state index in [1.165, 1.54) is 5.56 Å². The van der Waals surface area contributed by atoms with Gasteiger partial charge < -0.3 is 10.6 Å². The minimum absolute atomic E-state index is 0.128. The maximum absolute atomic E-state index is 6.18. The van der Waals surface area contributed by atoms with Crippen molar-refractivity contribution >= 4 is 0 Å². The minimum atomic E-state index is 0.128. The molecule has 1 fully saturated rings. The summed E-state index contributed by atoms with van der Waals surface area (Å²) in [5, 5.41) is 0. The van der Waals surface area contributed by atoms with Gasteiger partial charge in [-0.3, -0.25) is 4.90 Å². The van der Waals surface area contributed by atoms with Gasteiger partial charge in [0.1, 0.15) is 0 Å². The Bertz CT molecular complexity index is 365. The maximum Gasteiger partial charge on any atom is 0.0370 e. The molecule has 0 aliphatic carbocycles. The number of rotatable bonds is 5. The van der Waals surface area contributed by atoms with Gasteiger partial charge in [-0.05, 0) is 25.5 Å². The third-order valence-electron chi connectivity index (χ3n) is 4.59. The fourth-order valence-electron chi connectivity index (χ4n) is 3.06. The fourth-order valence-corrected chi connectivity index (χ4v) is 3.06. The van der Waals surface area contributed by atoms with Gasteiger partial charge in [0, 0.05) is 38.3 Å². The Balaban J connectivity index is 2.13. The predicted molar refractivity (Wildman–Crippen MR) is 81.3 cm³/mol. The lowest BCUT2D eigenvalue weighted by molar-refractivity contribution is 0.0414. The van der Waals surface area contributed by atoms with Crippen LogP contribution in [0.3, 0.4) is 0 Å². The molecule has 1 unspecified atom stereocenters. The largest absolute Gasteiger partial charge is 0.329 e. The molecule has 1 aromatic rings. The molecule has 106 valence electrons. The first-order valence-electron chi connectivity index (χ1n) is 7.38. The molecule has 0 spiro atoms. The molecule has 1 aromatic carbocycles. The minimum Gasteiger partial charge on any atom is -0.329 e. The molecule has 0 radical (unpaired) electrons. The highest BCUT2D eigenvalue weighted by molar-refractivity contribution is 5.18. The van der Waals surface area contributed by atoms with Gasteiger partial charge in [-0.1, -0.05) is 37.3 Å². The van der Waals surface area contributed by atoms with Crippen LogP contribution in [0.1, 0.15) is 18.9 Å². The van der Waals surface area contributed by atoms with Gasteiger partial charge in [-0.15, -0.1) is 0 Å². The van der Waals surface area contributed by atoms with Crippen LogP contribution in [0, 0.1) is 0 Å². The predicted octanol–water partition coefficient (Wildman–Crippen LogP) is 1.58. The molecule has 3 heteroatoms. The van der Waals surface area contributed by atoms with Gasteiger partial charge in [-0.2, -0.15) is 0 Å².